The van der Waals surface area contributed by atoms with Crippen molar-refractivity contribution in [2.45, 2.75) is 13.3 Å². The molecule has 88 valence electrons. The van der Waals surface area contributed by atoms with Gasteiger partial charge in [-0.1, -0.05) is 19.1 Å². The third-order valence-corrected chi connectivity index (χ3v) is 2.84. The molecule has 2 rings (SSSR count). The SMILES string of the molecule is CC1(COc2ccc(CCN)cc2)COC1. The van der Waals surface area contributed by atoms with Crippen molar-refractivity contribution in [3.63, 3.8) is 0 Å². The van der Waals surface area contributed by atoms with E-state index >= 15 is 0 Å². The number of rotatable bonds is 5. The Bertz CT molecular complexity index is 330. The highest BCUT2D eigenvalue weighted by Crippen LogP contribution is 2.27. The number of ether oxygens (including phenoxy) is 2. The monoisotopic (exact) mass is 221 g/mol. The van der Waals surface area contributed by atoms with Crippen LogP contribution in [0.4, 0.5) is 0 Å². The molecule has 0 spiro atoms. The molecule has 1 aromatic carbocycles. The first-order valence-electron chi connectivity index (χ1n) is 5.71. The number of nitrogens with two attached hydrogens (primary N) is 1. The van der Waals surface area contributed by atoms with E-state index in [9.17, 15) is 0 Å². The largest absolute Gasteiger partial charge is 0.493 e. The van der Waals surface area contributed by atoms with Gasteiger partial charge in [0.05, 0.1) is 19.8 Å². The van der Waals surface area contributed by atoms with Crippen LogP contribution in [0.1, 0.15) is 12.5 Å². The Morgan fingerprint density at radius 1 is 1.31 bits per heavy atom. The molecule has 1 aromatic rings. The van der Waals surface area contributed by atoms with Crippen LogP contribution in [0.25, 0.3) is 0 Å². The summed E-state index contributed by atoms with van der Waals surface area (Å²) in [6.07, 6.45) is 0.922. The van der Waals surface area contributed by atoms with Gasteiger partial charge in [0.25, 0.3) is 0 Å². The van der Waals surface area contributed by atoms with E-state index in [0.717, 1.165) is 32.0 Å². The molecule has 1 saturated heterocycles. The molecule has 0 atom stereocenters. The van der Waals surface area contributed by atoms with Gasteiger partial charge in [-0.3, -0.25) is 0 Å². The molecule has 0 unspecified atom stereocenters. The van der Waals surface area contributed by atoms with E-state index in [-0.39, 0.29) is 5.41 Å². The van der Waals surface area contributed by atoms with Crippen LogP contribution in [-0.4, -0.2) is 26.4 Å². The maximum atomic E-state index is 5.73. The first-order chi connectivity index (χ1) is 7.72. The summed E-state index contributed by atoms with van der Waals surface area (Å²) in [5, 5.41) is 0. The third kappa shape index (κ3) is 2.74. The van der Waals surface area contributed by atoms with E-state index in [1.807, 2.05) is 12.1 Å². The van der Waals surface area contributed by atoms with Gasteiger partial charge in [-0.15, -0.1) is 0 Å². The molecule has 0 aromatic heterocycles. The molecule has 1 fully saturated rings. The lowest BCUT2D eigenvalue weighted by Gasteiger charge is -2.37. The van der Waals surface area contributed by atoms with Gasteiger partial charge in [-0.05, 0) is 30.7 Å². The average molecular weight is 221 g/mol. The van der Waals surface area contributed by atoms with Crippen molar-refractivity contribution in [3.8, 4) is 5.75 Å². The second-order valence-electron chi connectivity index (χ2n) is 4.77. The Kier molecular flexibility index (Phi) is 3.46. The molecule has 0 radical (unpaired) electrons. The van der Waals surface area contributed by atoms with Gasteiger partial charge in [0.1, 0.15) is 5.75 Å². The number of hydrogen-bond acceptors (Lipinski definition) is 3. The van der Waals surface area contributed by atoms with E-state index < -0.39 is 0 Å². The maximum Gasteiger partial charge on any atom is 0.119 e. The number of hydrogen-bond donors (Lipinski definition) is 1. The van der Waals surface area contributed by atoms with Crippen LogP contribution in [0.3, 0.4) is 0 Å². The first kappa shape index (κ1) is 11.4. The second kappa shape index (κ2) is 4.85. The van der Waals surface area contributed by atoms with Gasteiger partial charge in [0.15, 0.2) is 0 Å². The van der Waals surface area contributed by atoms with E-state index in [2.05, 4.69) is 19.1 Å². The fourth-order valence-corrected chi connectivity index (χ4v) is 1.71. The van der Waals surface area contributed by atoms with Crippen LogP contribution in [-0.2, 0) is 11.2 Å². The van der Waals surface area contributed by atoms with Crippen molar-refractivity contribution < 1.29 is 9.47 Å². The topological polar surface area (TPSA) is 44.5 Å². The van der Waals surface area contributed by atoms with Crippen molar-refractivity contribution >= 4 is 0 Å². The molecular formula is C13H19NO2. The van der Waals surface area contributed by atoms with Crippen LogP contribution in [0.5, 0.6) is 5.75 Å². The van der Waals surface area contributed by atoms with E-state index in [4.69, 9.17) is 15.2 Å². The zero-order valence-corrected chi connectivity index (χ0v) is 9.74. The molecule has 1 aliphatic rings. The highest BCUT2D eigenvalue weighted by atomic mass is 16.5. The molecule has 0 aliphatic carbocycles. The predicted octanol–water partition coefficient (Wildman–Crippen LogP) is 1.60. The zero-order chi connectivity index (χ0) is 11.4. The van der Waals surface area contributed by atoms with Gasteiger partial charge >= 0.3 is 0 Å². The summed E-state index contributed by atoms with van der Waals surface area (Å²) >= 11 is 0. The zero-order valence-electron chi connectivity index (χ0n) is 9.74. The van der Waals surface area contributed by atoms with Crippen LogP contribution >= 0.6 is 0 Å². The fourth-order valence-electron chi connectivity index (χ4n) is 1.71. The quantitative estimate of drug-likeness (QED) is 0.821. The molecule has 3 heteroatoms. The van der Waals surface area contributed by atoms with Crippen LogP contribution < -0.4 is 10.5 Å². The van der Waals surface area contributed by atoms with Gasteiger partial charge in [-0.2, -0.15) is 0 Å². The molecule has 0 amide bonds. The summed E-state index contributed by atoms with van der Waals surface area (Å²) in [7, 11) is 0. The number of benzene rings is 1. The van der Waals surface area contributed by atoms with Crippen molar-refractivity contribution in [1.29, 1.82) is 0 Å². The highest BCUT2D eigenvalue weighted by Gasteiger charge is 2.34. The van der Waals surface area contributed by atoms with Crippen molar-refractivity contribution in [3.05, 3.63) is 29.8 Å². The standard InChI is InChI=1S/C13H19NO2/c1-13(8-15-9-13)10-16-12-4-2-11(3-5-12)6-7-14/h2-5H,6-10,14H2,1H3. The highest BCUT2D eigenvalue weighted by molar-refractivity contribution is 5.27. The summed E-state index contributed by atoms with van der Waals surface area (Å²) in [6, 6.07) is 8.16. The second-order valence-corrected chi connectivity index (χ2v) is 4.77. The van der Waals surface area contributed by atoms with Gasteiger partial charge in [0.2, 0.25) is 0 Å². The van der Waals surface area contributed by atoms with E-state index in [0.29, 0.717) is 6.54 Å². The van der Waals surface area contributed by atoms with Gasteiger partial charge < -0.3 is 15.2 Å². The normalized spacial score (nSPS) is 17.9. The molecule has 1 heterocycles. The van der Waals surface area contributed by atoms with Crippen molar-refractivity contribution in [2.24, 2.45) is 11.1 Å². The smallest absolute Gasteiger partial charge is 0.119 e. The fraction of sp³-hybridized carbons (Fsp3) is 0.538. The summed E-state index contributed by atoms with van der Waals surface area (Å²) in [4.78, 5) is 0. The Labute approximate surface area is 96.5 Å². The van der Waals surface area contributed by atoms with Gasteiger partial charge in [0, 0.05) is 5.41 Å². The minimum Gasteiger partial charge on any atom is -0.493 e. The lowest BCUT2D eigenvalue weighted by atomic mass is 9.90. The summed E-state index contributed by atoms with van der Waals surface area (Å²) < 4.78 is 10.9. The maximum absolute atomic E-state index is 5.73. The van der Waals surface area contributed by atoms with Crippen molar-refractivity contribution in [2.75, 3.05) is 26.4 Å². The molecule has 16 heavy (non-hydrogen) atoms. The predicted molar refractivity (Wildman–Crippen MR) is 63.6 cm³/mol. The molecule has 2 N–H and O–H groups in total. The molecule has 1 aliphatic heterocycles. The summed E-state index contributed by atoms with van der Waals surface area (Å²) in [6.45, 7) is 5.20. The average Bonchev–Trinajstić information content (AvgIpc) is 2.26. The van der Waals surface area contributed by atoms with Crippen LogP contribution in [0.15, 0.2) is 24.3 Å². The molecule has 3 nitrogen and oxygen atoms in total. The first-order valence-corrected chi connectivity index (χ1v) is 5.71. The minimum absolute atomic E-state index is 0.204. The van der Waals surface area contributed by atoms with E-state index in [1.54, 1.807) is 0 Å². The van der Waals surface area contributed by atoms with Crippen LogP contribution in [0.2, 0.25) is 0 Å². The molecule has 0 saturated carbocycles. The Balaban J connectivity index is 1.85. The Morgan fingerprint density at radius 3 is 2.50 bits per heavy atom. The van der Waals surface area contributed by atoms with E-state index in [1.165, 1.54) is 5.56 Å². The minimum atomic E-state index is 0.204. The Morgan fingerprint density at radius 2 is 2.00 bits per heavy atom. The molecule has 0 bridgehead atoms. The van der Waals surface area contributed by atoms with Crippen LogP contribution in [0, 0.1) is 5.41 Å². The Hall–Kier alpha value is -1.06. The lowest BCUT2D eigenvalue weighted by Crippen LogP contribution is -2.44. The van der Waals surface area contributed by atoms with Crippen molar-refractivity contribution in [1.82, 2.24) is 0 Å². The summed E-state index contributed by atoms with van der Waals surface area (Å²) in [5.74, 6) is 0.925. The lowest BCUT2D eigenvalue weighted by molar-refractivity contribution is -0.120. The van der Waals surface area contributed by atoms with Gasteiger partial charge in [-0.25, -0.2) is 0 Å². The molecular weight excluding hydrogens is 202 g/mol. The summed E-state index contributed by atoms with van der Waals surface area (Å²) in [5.41, 5.74) is 6.96. The third-order valence-electron chi connectivity index (χ3n) is 2.84.